The van der Waals surface area contributed by atoms with Gasteiger partial charge in [-0.3, -0.25) is 0 Å². The van der Waals surface area contributed by atoms with Gasteiger partial charge in [0, 0.05) is 5.56 Å². The van der Waals surface area contributed by atoms with Crippen molar-refractivity contribution in [2.45, 2.75) is 0 Å². The molecule has 0 atom stereocenters. The van der Waals surface area contributed by atoms with E-state index in [1.54, 1.807) is 13.2 Å². The van der Waals surface area contributed by atoms with Gasteiger partial charge >= 0.3 is 0 Å². The molecule has 82 valence electrons. The average molecular weight is 256 g/mol. The maximum Gasteiger partial charge on any atom is 0.227 e. The third kappa shape index (κ3) is 2.40. The third-order valence-electron chi connectivity index (χ3n) is 1.91. The Bertz CT molecular complexity index is 499. The molecule has 1 heterocycles. The van der Waals surface area contributed by atoms with Crippen molar-refractivity contribution in [2.75, 3.05) is 7.11 Å². The molecule has 0 saturated carbocycles. The Morgan fingerprint density at radius 1 is 1.06 bits per heavy atom. The fraction of sp³-hybridized carbons (Fsp3) is 0.100. The first kappa shape index (κ1) is 11.1. The number of nitrogens with zero attached hydrogens (tertiary/aromatic N) is 3. The normalized spacial score (nSPS) is 10.2. The first-order chi connectivity index (χ1) is 7.69. The molecule has 0 N–H and O–H groups in total. The number of ether oxygens (including phenoxy) is 1. The van der Waals surface area contributed by atoms with Crippen LogP contribution in [0, 0.1) is 0 Å². The highest BCUT2D eigenvalue weighted by Gasteiger charge is 2.06. The van der Waals surface area contributed by atoms with Gasteiger partial charge in [-0.25, -0.2) is 0 Å². The van der Waals surface area contributed by atoms with Gasteiger partial charge in [0.25, 0.3) is 0 Å². The monoisotopic (exact) mass is 255 g/mol. The fourth-order valence-electron chi connectivity index (χ4n) is 1.22. The van der Waals surface area contributed by atoms with Gasteiger partial charge in [0.05, 0.1) is 7.11 Å². The first-order valence-electron chi connectivity index (χ1n) is 4.40. The van der Waals surface area contributed by atoms with E-state index in [1.165, 1.54) is 0 Å². The Morgan fingerprint density at radius 2 is 1.75 bits per heavy atom. The minimum absolute atomic E-state index is 0.0674. The van der Waals surface area contributed by atoms with Crippen LogP contribution in [-0.2, 0) is 0 Å². The van der Waals surface area contributed by atoms with Gasteiger partial charge in [0.15, 0.2) is 5.82 Å². The van der Waals surface area contributed by atoms with Crippen molar-refractivity contribution < 1.29 is 4.74 Å². The van der Waals surface area contributed by atoms with E-state index < -0.39 is 0 Å². The minimum atomic E-state index is 0.0674. The van der Waals surface area contributed by atoms with Gasteiger partial charge in [0.1, 0.15) is 5.75 Å². The molecule has 0 unspecified atom stereocenters. The quantitative estimate of drug-likeness (QED) is 0.828. The van der Waals surface area contributed by atoms with Crippen molar-refractivity contribution >= 4 is 23.2 Å². The number of methoxy groups -OCH3 is 1. The van der Waals surface area contributed by atoms with Crippen molar-refractivity contribution in [3.05, 3.63) is 34.8 Å². The third-order valence-corrected chi connectivity index (χ3v) is 2.25. The summed E-state index contributed by atoms with van der Waals surface area (Å²) < 4.78 is 5.10. The largest absolute Gasteiger partial charge is 0.497 e. The summed E-state index contributed by atoms with van der Waals surface area (Å²) in [5.41, 5.74) is 0.769. The second-order valence-corrected chi connectivity index (χ2v) is 3.61. The Labute approximate surface area is 102 Å². The van der Waals surface area contributed by atoms with Gasteiger partial charge in [-0.05, 0) is 35.3 Å². The van der Waals surface area contributed by atoms with Gasteiger partial charge in [0.2, 0.25) is 10.6 Å². The number of aromatic nitrogens is 3. The van der Waals surface area contributed by atoms with E-state index in [2.05, 4.69) is 15.0 Å². The number of hydrogen-bond donors (Lipinski definition) is 0. The highest BCUT2D eigenvalue weighted by Crippen LogP contribution is 2.22. The molecule has 0 bridgehead atoms. The standard InChI is InChI=1S/C10H7Cl2N3O/c1-16-7-4-2-3-6(5-7)8-13-9(11)15-10(12)14-8/h2-5H,1H3. The Hall–Kier alpha value is -1.39. The predicted molar refractivity (Wildman–Crippen MR) is 61.8 cm³/mol. The maximum atomic E-state index is 5.70. The molecule has 0 aliphatic carbocycles. The Morgan fingerprint density at radius 3 is 2.38 bits per heavy atom. The van der Waals surface area contributed by atoms with E-state index in [-0.39, 0.29) is 10.6 Å². The van der Waals surface area contributed by atoms with E-state index in [1.807, 2.05) is 18.2 Å². The summed E-state index contributed by atoms with van der Waals surface area (Å²) in [6.07, 6.45) is 0. The van der Waals surface area contributed by atoms with Crippen LogP contribution in [0.5, 0.6) is 5.75 Å². The lowest BCUT2D eigenvalue weighted by Gasteiger charge is -2.03. The van der Waals surface area contributed by atoms with Crippen LogP contribution in [0.1, 0.15) is 0 Å². The summed E-state index contributed by atoms with van der Waals surface area (Å²) in [6.45, 7) is 0. The van der Waals surface area contributed by atoms with E-state index in [0.29, 0.717) is 11.6 Å². The molecule has 2 rings (SSSR count). The topological polar surface area (TPSA) is 47.9 Å². The van der Waals surface area contributed by atoms with Crippen LogP contribution in [0.4, 0.5) is 0 Å². The molecule has 2 aromatic rings. The van der Waals surface area contributed by atoms with Gasteiger partial charge in [-0.2, -0.15) is 15.0 Å². The molecule has 6 heteroatoms. The minimum Gasteiger partial charge on any atom is -0.497 e. The highest BCUT2D eigenvalue weighted by molar-refractivity contribution is 6.31. The van der Waals surface area contributed by atoms with Crippen LogP contribution in [0.15, 0.2) is 24.3 Å². The molecule has 0 aliphatic heterocycles. The summed E-state index contributed by atoms with van der Waals surface area (Å²) >= 11 is 11.4. The average Bonchev–Trinajstić information content (AvgIpc) is 2.28. The van der Waals surface area contributed by atoms with Crippen LogP contribution >= 0.6 is 23.2 Å². The van der Waals surface area contributed by atoms with Crippen LogP contribution in [-0.4, -0.2) is 22.1 Å². The predicted octanol–water partition coefficient (Wildman–Crippen LogP) is 2.85. The van der Waals surface area contributed by atoms with E-state index in [9.17, 15) is 0 Å². The summed E-state index contributed by atoms with van der Waals surface area (Å²) in [4.78, 5) is 11.6. The van der Waals surface area contributed by atoms with Crippen molar-refractivity contribution in [3.8, 4) is 17.1 Å². The van der Waals surface area contributed by atoms with Crippen LogP contribution in [0.2, 0.25) is 10.6 Å². The van der Waals surface area contributed by atoms with Gasteiger partial charge in [-0.15, -0.1) is 0 Å². The van der Waals surface area contributed by atoms with Crippen LogP contribution in [0.3, 0.4) is 0 Å². The molecule has 0 radical (unpaired) electrons. The molecular formula is C10H7Cl2N3O. The smallest absolute Gasteiger partial charge is 0.227 e. The Kier molecular flexibility index (Phi) is 3.22. The van der Waals surface area contributed by atoms with Crippen LogP contribution in [0.25, 0.3) is 11.4 Å². The lowest BCUT2D eigenvalue weighted by Crippen LogP contribution is -1.94. The van der Waals surface area contributed by atoms with E-state index in [4.69, 9.17) is 27.9 Å². The molecule has 1 aromatic heterocycles. The van der Waals surface area contributed by atoms with Crippen molar-refractivity contribution in [2.24, 2.45) is 0 Å². The van der Waals surface area contributed by atoms with Crippen molar-refractivity contribution in [1.82, 2.24) is 15.0 Å². The molecule has 0 amide bonds. The summed E-state index contributed by atoms with van der Waals surface area (Å²) in [5, 5.41) is 0.135. The van der Waals surface area contributed by atoms with Gasteiger partial charge < -0.3 is 4.74 Å². The number of rotatable bonds is 2. The highest BCUT2D eigenvalue weighted by atomic mass is 35.5. The number of benzene rings is 1. The lowest BCUT2D eigenvalue weighted by atomic mass is 10.2. The summed E-state index contributed by atoms with van der Waals surface area (Å²) in [5.74, 6) is 1.13. The number of hydrogen-bond acceptors (Lipinski definition) is 4. The fourth-order valence-corrected chi connectivity index (χ4v) is 1.58. The van der Waals surface area contributed by atoms with Crippen LogP contribution < -0.4 is 4.74 Å². The summed E-state index contributed by atoms with van der Waals surface area (Å²) in [6, 6.07) is 7.29. The molecule has 0 spiro atoms. The van der Waals surface area contributed by atoms with Crippen molar-refractivity contribution in [3.63, 3.8) is 0 Å². The van der Waals surface area contributed by atoms with E-state index >= 15 is 0 Å². The lowest BCUT2D eigenvalue weighted by molar-refractivity contribution is 0.415. The van der Waals surface area contributed by atoms with Crippen molar-refractivity contribution in [1.29, 1.82) is 0 Å². The molecule has 4 nitrogen and oxygen atoms in total. The first-order valence-corrected chi connectivity index (χ1v) is 5.16. The zero-order valence-corrected chi connectivity index (χ0v) is 9.83. The van der Waals surface area contributed by atoms with E-state index in [0.717, 1.165) is 5.56 Å². The molecular weight excluding hydrogens is 249 g/mol. The Balaban J connectivity index is 2.49. The SMILES string of the molecule is COc1cccc(-c2nc(Cl)nc(Cl)n2)c1. The molecule has 0 fully saturated rings. The number of halogens is 2. The molecule has 1 aromatic carbocycles. The maximum absolute atomic E-state index is 5.70. The second kappa shape index (κ2) is 4.63. The zero-order chi connectivity index (χ0) is 11.5. The summed E-state index contributed by atoms with van der Waals surface area (Å²) in [7, 11) is 1.59. The van der Waals surface area contributed by atoms with Gasteiger partial charge in [-0.1, -0.05) is 12.1 Å². The molecule has 0 saturated heterocycles. The zero-order valence-electron chi connectivity index (χ0n) is 8.32. The molecule has 0 aliphatic rings. The second-order valence-electron chi connectivity index (χ2n) is 2.93. The molecule has 16 heavy (non-hydrogen) atoms.